The largest absolute Gasteiger partial charge is 0.481 e. The van der Waals surface area contributed by atoms with Crippen molar-refractivity contribution in [1.82, 2.24) is 14.6 Å². The Balaban J connectivity index is 1.78. The summed E-state index contributed by atoms with van der Waals surface area (Å²) in [4.78, 5) is 30.7. The van der Waals surface area contributed by atoms with Crippen molar-refractivity contribution in [2.75, 3.05) is 11.4 Å². The molecule has 1 unspecified atom stereocenters. The highest BCUT2D eigenvalue weighted by Gasteiger charge is 2.33. The fourth-order valence-corrected chi connectivity index (χ4v) is 3.55. The normalized spacial score (nSPS) is 16.5. The summed E-state index contributed by atoms with van der Waals surface area (Å²) < 4.78 is 1.67. The summed E-state index contributed by atoms with van der Waals surface area (Å²) >= 11 is 0. The van der Waals surface area contributed by atoms with E-state index in [1.165, 1.54) is 0 Å². The standard InChI is InChI=1S/C19H18N4O3/c1-11-9-17-20-10-15(12(2)23(17)21-11)18(24)22-8-7-14(19(25)26)13-5-3-4-6-16(13)22/h3-6,9-10,14H,7-8H2,1-2H3,(H,25,26). The second-order valence-corrected chi connectivity index (χ2v) is 6.51. The first-order chi connectivity index (χ1) is 12.5. The number of hydrogen-bond donors (Lipinski definition) is 1. The molecule has 1 amide bonds. The zero-order valence-corrected chi connectivity index (χ0v) is 14.5. The van der Waals surface area contributed by atoms with Crippen molar-refractivity contribution in [2.45, 2.75) is 26.2 Å². The summed E-state index contributed by atoms with van der Waals surface area (Å²) in [7, 11) is 0. The lowest BCUT2D eigenvalue weighted by Crippen LogP contribution is -2.38. The fraction of sp³-hybridized carbons (Fsp3) is 0.263. The van der Waals surface area contributed by atoms with Crippen LogP contribution in [0, 0.1) is 13.8 Å². The summed E-state index contributed by atoms with van der Waals surface area (Å²) in [5.74, 6) is -1.65. The van der Waals surface area contributed by atoms with Crippen molar-refractivity contribution in [3.63, 3.8) is 0 Å². The molecule has 0 bridgehead atoms. The second-order valence-electron chi connectivity index (χ2n) is 6.51. The molecular weight excluding hydrogens is 332 g/mol. The van der Waals surface area contributed by atoms with Gasteiger partial charge < -0.3 is 10.0 Å². The molecule has 0 fully saturated rings. The Hall–Kier alpha value is -3.22. The van der Waals surface area contributed by atoms with Gasteiger partial charge in [-0.15, -0.1) is 0 Å². The van der Waals surface area contributed by atoms with Gasteiger partial charge in [-0.05, 0) is 31.9 Å². The quantitative estimate of drug-likeness (QED) is 0.767. The van der Waals surface area contributed by atoms with E-state index in [0.29, 0.717) is 41.1 Å². The van der Waals surface area contributed by atoms with Gasteiger partial charge in [-0.1, -0.05) is 18.2 Å². The Morgan fingerprint density at radius 3 is 2.77 bits per heavy atom. The summed E-state index contributed by atoms with van der Waals surface area (Å²) in [6.45, 7) is 4.06. The van der Waals surface area contributed by atoms with Gasteiger partial charge in [0.15, 0.2) is 5.65 Å². The molecule has 4 rings (SSSR count). The number of fused-ring (bicyclic) bond motifs is 2. The molecule has 0 aliphatic carbocycles. The number of para-hydroxylation sites is 1. The molecule has 7 heteroatoms. The molecule has 1 aliphatic rings. The van der Waals surface area contributed by atoms with Gasteiger partial charge in [-0.2, -0.15) is 5.10 Å². The van der Waals surface area contributed by atoms with Gasteiger partial charge >= 0.3 is 5.97 Å². The van der Waals surface area contributed by atoms with E-state index in [-0.39, 0.29) is 5.91 Å². The van der Waals surface area contributed by atoms with E-state index in [1.54, 1.807) is 33.8 Å². The molecular formula is C19H18N4O3. The van der Waals surface area contributed by atoms with E-state index >= 15 is 0 Å². The van der Waals surface area contributed by atoms with Crippen LogP contribution in [0.1, 0.15) is 39.6 Å². The molecule has 26 heavy (non-hydrogen) atoms. The molecule has 7 nitrogen and oxygen atoms in total. The number of aromatic nitrogens is 3. The van der Waals surface area contributed by atoms with Crippen LogP contribution >= 0.6 is 0 Å². The molecule has 132 valence electrons. The van der Waals surface area contributed by atoms with E-state index < -0.39 is 11.9 Å². The smallest absolute Gasteiger partial charge is 0.311 e. The number of carbonyl (C=O) groups excluding carboxylic acids is 1. The molecule has 0 radical (unpaired) electrons. The van der Waals surface area contributed by atoms with Crippen LogP contribution < -0.4 is 4.90 Å². The number of amides is 1. The zero-order valence-electron chi connectivity index (χ0n) is 14.5. The Labute approximate surface area is 149 Å². The van der Waals surface area contributed by atoms with E-state index in [4.69, 9.17) is 0 Å². The first-order valence-electron chi connectivity index (χ1n) is 8.43. The number of carboxylic acid groups (broad SMARTS) is 1. The maximum absolute atomic E-state index is 13.2. The Morgan fingerprint density at radius 2 is 2.00 bits per heavy atom. The van der Waals surface area contributed by atoms with Crippen LogP contribution in [0.5, 0.6) is 0 Å². The number of benzene rings is 1. The summed E-state index contributed by atoms with van der Waals surface area (Å²) in [5.41, 5.74) is 4.02. The maximum Gasteiger partial charge on any atom is 0.311 e. The van der Waals surface area contributed by atoms with Crippen molar-refractivity contribution in [2.24, 2.45) is 0 Å². The number of carboxylic acids is 1. The topological polar surface area (TPSA) is 87.8 Å². The molecule has 2 aromatic heterocycles. The molecule has 1 aliphatic heterocycles. The Morgan fingerprint density at radius 1 is 1.23 bits per heavy atom. The van der Waals surface area contributed by atoms with Gasteiger partial charge in [0.1, 0.15) is 0 Å². The Bertz CT molecular complexity index is 1040. The van der Waals surface area contributed by atoms with Crippen molar-refractivity contribution in [1.29, 1.82) is 0 Å². The van der Waals surface area contributed by atoms with E-state index in [0.717, 1.165) is 5.69 Å². The maximum atomic E-state index is 13.2. The summed E-state index contributed by atoms with van der Waals surface area (Å²) in [6, 6.07) is 9.04. The molecule has 0 spiro atoms. The van der Waals surface area contributed by atoms with E-state index in [1.807, 2.05) is 26.0 Å². The van der Waals surface area contributed by atoms with Gasteiger partial charge in [0.05, 0.1) is 22.9 Å². The SMILES string of the molecule is Cc1cc2ncc(C(=O)N3CCC(C(=O)O)c4ccccc43)c(C)n2n1. The van der Waals surface area contributed by atoms with Gasteiger partial charge in [-0.25, -0.2) is 9.50 Å². The average molecular weight is 350 g/mol. The minimum atomic E-state index is -0.865. The highest BCUT2D eigenvalue weighted by Crippen LogP contribution is 2.36. The third-order valence-electron chi connectivity index (χ3n) is 4.86. The van der Waals surface area contributed by atoms with Gasteiger partial charge in [0.25, 0.3) is 5.91 Å². The van der Waals surface area contributed by atoms with Crippen LogP contribution in [0.15, 0.2) is 36.5 Å². The van der Waals surface area contributed by atoms with Crippen LogP contribution in [0.2, 0.25) is 0 Å². The number of hydrogen-bond acceptors (Lipinski definition) is 4. The third-order valence-corrected chi connectivity index (χ3v) is 4.86. The lowest BCUT2D eigenvalue weighted by atomic mass is 9.89. The molecule has 1 N–H and O–H groups in total. The van der Waals surface area contributed by atoms with Crippen molar-refractivity contribution >= 4 is 23.2 Å². The number of nitrogens with zero attached hydrogens (tertiary/aromatic N) is 4. The monoisotopic (exact) mass is 350 g/mol. The zero-order chi connectivity index (χ0) is 18.4. The molecule has 1 atom stereocenters. The molecule has 3 aromatic rings. The third kappa shape index (κ3) is 2.44. The lowest BCUT2D eigenvalue weighted by molar-refractivity contribution is -0.139. The van der Waals surface area contributed by atoms with Crippen molar-refractivity contribution in [3.8, 4) is 0 Å². The van der Waals surface area contributed by atoms with Crippen molar-refractivity contribution in [3.05, 3.63) is 59.0 Å². The van der Waals surface area contributed by atoms with Gasteiger partial charge in [0.2, 0.25) is 0 Å². The minimum Gasteiger partial charge on any atom is -0.481 e. The van der Waals surface area contributed by atoms with Crippen LogP contribution in [0.25, 0.3) is 5.65 Å². The highest BCUT2D eigenvalue weighted by atomic mass is 16.4. The minimum absolute atomic E-state index is 0.193. The number of rotatable bonds is 2. The fourth-order valence-electron chi connectivity index (χ4n) is 3.55. The predicted octanol–water partition coefficient (Wildman–Crippen LogP) is 2.56. The molecule has 0 saturated carbocycles. The average Bonchev–Trinajstić information content (AvgIpc) is 3.02. The van der Waals surface area contributed by atoms with Crippen molar-refractivity contribution < 1.29 is 14.7 Å². The molecule has 3 heterocycles. The number of carbonyl (C=O) groups is 2. The van der Waals surface area contributed by atoms with Crippen LogP contribution in [-0.2, 0) is 4.79 Å². The first kappa shape index (κ1) is 16.3. The molecule has 1 aromatic carbocycles. The predicted molar refractivity (Wildman–Crippen MR) is 95.6 cm³/mol. The highest BCUT2D eigenvalue weighted by molar-refractivity contribution is 6.08. The van der Waals surface area contributed by atoms with Crippen LogP contribution in [0.3, 0.4) is 0 Å². The Kier molecular flexibility index (Phi) is 3.72. The van der Waals surface area contributed by atoms with Gasteiger partial charge in [0, 0.05) is 24.5 Å². The van der Waals surface area contributed by atoms with Crippen LogP contribution in [0.4, 0.5) is 5.69 Å². The lowest BCUT2D eigenvalue weighted by Gasteiger charge is -2.32. The van der Waals surface area contributed by atoms with E-state index in [2.05, 4.69) is 10.1 Å². The first-order valence-corrected chi connectivity index (χ1v) is 8.43. The van der Waals surface area contributed by atoms with E-state index in [9.17, 15) is 14.7 Å². The number of anilines is 1. The number of aryl methyl sites for hydroxylation is 2. The second kappa shape index (κ2) is 5.94. The van der Waals surface area contributed by atoms with Crippen LogP contribution in [-0.4, -0.2) is 38.1 Å². The summed E-state index contributed by atoms with van der Waals surface area (Å²) in [5, 5.41) is 13.9. The van der Waals surface area contributed by atoms with Gasteiger partial charge in [-0.3, -0.25) is 9.59 Å². The molecule has 0 saturated heterocycles. The summed E-state index contributed by atoms with van der Waals surface area (Å²) in [6.07, 6.45) is 1.95. The number of aliphatic carboxylic acids is 1.